The van der Waals surface area contributed by atoms with Gasteiger partial charge in [-0.1, -0.05) is 0 Å². The summed E-state index contributed by atoms with van der Waals surface area (Å²) in [5, 5.41) is 10.7. The zero-order chi connectivity index (χ0) is 10.0. The summed E-state index contributed by atoms with van der Waals surface area (Å²) in [6, 6.07) is 0. The second kappa shape index (κ2) is 3.42. The first kappa shape index (κ1) is 9.50. The molecule has 6 heteroatoms. The highest BCUT2D eigenvalue weighted by molar-refractivity contribution is 6.35. The number of carboxylic acid groups (broad SMARTS) is 1. The lowest BCUT2D eigenvalue weighted by Crippen LogP contribution is -2.56. The maximum atomic E-state index is 11.0. The Morgan fingerprint density at radius 3 is 2.31 bits per heavy atom. The highest BCUT2D eigenvalue weighted by Gasteiger charge is 2.37. The smallest absolute Gasteiger partial charge is 0.311 e. The second-order valence-electron chi connectivity index (χ2n) is 2.82. The molecule has 0 spiro atoms. The SMILES string of the molecule is CNC(=O)C(=O)N1CC(C(=O)O)C1. The Kier molecular flexibility index (Phi) is 2.50. The molecule has 0 radical (unpaired) electrons. The zero-order valence-electron chi connectivity index (χ0n) is 7.11. The molecule has 1 aliphatic rings. The molecule has 0 aromatic carbocycles. The van der Waals surface area contributed by atoms with E-state index in [0.717, 1.165) is 0 Å². The minimum Gasteiger partial charge on any atom is -0.481 e. The van der Waals surface area contributed by atoms with Crippen LogP contribution in [0.2, 0.25) is 0 Å². The Labute approximate surface area is 74.5 Å². The third-order valence-electron chi connectivity index (χ3n) is 1.94. The van der Waals surface area contributed by atoms with Gasteiger partial charge >= 0.3 is 17.8 Å². The molecule has 0 atom stereocenters. The topological polar surface area (TPSA) is 86.7 Å². The van der Waals surface area contributed by atoms with E-state index in [2.05, 4.69) is 5.32 Å². The van der Waals surface area contributed by atoms with Gasteiger partial charge in [0.2, 0.25) is 0 Å². The number of carbonyl (C=O) groups excluding carboxylic acids is 2. The van der Waals surface area contributed by atoms with Crippen LogP contribution in [0, 0.1) is 5.92 Å². The van der Waals surface area contributed by atoms with Crippen molar-refractivity contribution in [1.29, 1.82) is 0 Å². The predicted molar refractivity (Wildman–Crippen MR) is 41.8 cm³/mol. The van der Waals surface area contributed by atoms with E-state index in [9.17, 15) is 14.4 Å². The van der Waals surface area contributed by atoms with E-state index >= 15 is 0 Å². The van der Waals surface area contributed by atoms with Crippen LogP contribution in [-0.2, 0) is 14.4 Å². The molecule has 0 unspecified atom stereocenters. The summed E-state index contributed by atoms with van der Waals surface area (Å²) < 4.78 is 0. The lowest BCUT2D eigenvalue weighted by Gasteiger charge is -2.35. The molecular formula is C7H10N2O4. The van der Waals surface area contributed by atoms with Gasteiger partial charge in [-0.05, 0) is 0 Å². The average Bonchev–Trinajstić information content (AvgIpc) is 1.99. The Morgan fingerprint density at radius 2 is 1.92 bits per heavy atom. The number of amides is 2. The van der Waals surface area contributed by atoms with Crippen molar-refractivity contribution in [3.63, 3.8) is 0 Å². The van der Waals surface area contributed by atoms with Crippen LogP contribution in [0.1, 0.15) is 0 Å². The van der Waals surface area contributed by atoms with Gasteiger partial charge in [-0.3, -0.25) is 14.4 Å². The van der Waals surface area contributed by atoms with Crippen LogP contribution in [0.25, 0.3) is 0 Å². The van der Waals surface area contributed by atoms with Crippen molar-refractivity contribution in [1.82, 2.24) is 10.2 Å². The van der Waals surface area contributed by atoms with Crippen LogP contribution in [0.5, 0.6) is 0 Å². The first-order valence-electron chi connectivity index (χ1n) is 3.80. The van der Waals surface area contributed by atoms with E-state index in [1.54, 1.807) is 0 Å². The predicted octanol–water partition coefficient (Wildman–Crippen LogP) is -1.72. The number of nitrogens with one attached hydrogen (secondary N) is 1. The first-order valence-corrected chi connectivity index (χ1v) is 3.80. The molecular weight excluding hydrogens is 176 g/mol. The summed E-state index contributed by atoms with van der Waals surface area (Å²) in [7, 11) is 1.36. The van der Waals surface area contributed by atoms with Crippen LogP contribution in [0.3, 0.4) is 0 Å². The summed E-state index contributed by atoms with van der Waals surface area (Å²) in [6.45, 7) is 0.253. The third kappa shape index (κ3) is 1.77. The van der Waals surface area contributed by atoms with Crippen LogP contribution in [0.15, 0.2) is 0 Å². The number of likely N-dealkylation sites (N-methyl/N-ethyl adjacent to an activating group) is 1. The Balaban J connectivity index is 2.39. The maximum absolute atomic E-state index is 11.0. The first-order chi connectivity index (χ1) is 6.06. The monoisotopic (exact) mass is 186 g/mol. The van der Waals surface area contributed by atoms with Gasteiger partial charge < -0.3 is 15.3 Å². The molecule has 0 aromatic heterocycles. The number of rotatable bonds is 1. The number of aliphatic carboxylic acids is 1. The van der Waals surface area contributed by atoms with Gasteiger partial charge in [0, 0.05) is 20.1 Å². The molecule has 13 heavy (non-hydrogen) atoms. The van der Waals surface area contributed by atoms with Crippen molar-refractivity contribution < 1.29 is 19.5 Å². The van der Waals surface area contributed by atoms with Crippen molar-refractivity contribution in [2.75, 3.05) is 20.1 Å². The Hall–Kier alpha value is -1.59. The number of likely N-dealkylation sites (tertiary alicyclic amines) is 1. The minimum atomic E-state index is -0.930. The molecule has 2 N–H and O–H groups in total. The molecule has 1 fully saturated rings. The molecule has 72 valence electrons. The molecule has 1 heterocycles. The lowest BCUT2D eigenvalue weighted by atomic mass is 10.0. The van der Waals surface area contributed by atoms with Gasteiger partial charge in [0.15, 0.2) is 0 Å². The maximum Gasteiger partial charge on any atom is 0.311 e. The van der Waals surface area contributed by atoms with E-state index in [1.165, 1.54) is 11.9 Å². The fraction of sp³-hybridized carbons (Fsp3) is 0.571. The van der Waals surface area contributed by atoms with Crippen LogP contribution in [-0.4, -0.2) is 47.9 Å². The second-order valence-corrected chi connectivity index (χ2v) is 2.82. The Morgan fingerprint density at radius 1 is 1.38 bits per heavy atom. The highest BCUT2D eigenvalue weighted by atomic mass is 16.4. The van der Waals surface area contributed by atoms with E-state index in [1.807, 2.05) is 0 Å². The fourth-order valence-electron chi connectivity index (χ4n) is 1.05. The van der Waals surface area contributed by atoms with Crippen molar-refractivity contribution in [3.8, 4) is 0 Å². The van der Waals surface area contributed by atoms with Crippen LogP contribution in [0.4, 0.5) is 0 Å². The minimum absolute atomic E-state index is 0.127. The van der Waals surface area contributed by atoms with Crippen LogP contribution >= 0.6 is 0 Å². The van der Waals surface area contributed by atoms with E-state index in [0.29, 0.717) is 0 Å². The number of nitrogens with zero attached hydrogens (tertiary/aromatic N) is 1. The zero-order valence-corrected chi connectivity index (χ0v) is 7.11. The van der Waals surface area contributed by atoms with Gasteiger partial charge in [-0.25, -0.2) is 0 Å². The van der Waals surface area contributed by atoms with Crippen LogP contribution < -0.4 is 5.32 Å². The van der Waals surface area contributed by atoms with Crippen molar-refractivity contribution in [3.05, 3.63) is 0 Å². The molecule has 0 aromatic rings. The quantitative estimate of drug-likeness (QED) is 0.477. The number of carboxylic acids is 1. The molecule has 0 saturated carbocycles. The standard InChI is InChI=1S/C7H10N2O4/c1-8-5(10)6(11)9-2-4(3-9)7(12)13/h4H,2-3H2,1H3,(H,8,10)(H,12,13). The van der Waals surface area contributed by atoms with Gasteiger partial charge in [0.25, 0.3) is 0 Å². The van der Waals surface area contributed by atoms with Gasteiger partial charge in [-0.2, -0.15) is 0 Å². The summed E-state index contributed by atoms with van der Waals surface area (Å²) >= 11 is 0. The fourth-order valence-corrected chi connectivity index (χ4v) is 1.05. The van der Waals surface area contributed by atoms with Crippen molar-refractivity contribution >= 4 is 17.8 Å². The van der Waals surface area contributed by atoms with Crippen molar-refractivity contribution in [2.45, 2.75) is 0 Å². The molecule has 0 bridgehead atoms. The summed E-state index contributed by atoms with van der Waals surface area (Å²) in [5.74, 6) is -2.82. The third-order valence-corrected chi connectivity index (χ3v) is 1.94. The summed E-state index contributed by atoms with van der Waals surface area (Å²) in [6.07, 6.45) is 0. The molecule has 0 aliphatic carbocycles. The average molecular weight is 186 g/mol. The normalized spacial score (nSPS) is 16.2. The van der Waals surface area contributed by atoms with E-state index < -0.39 is 23.7 Å². The molecule has 2 amide bonds. The Bertz CT molecular complexity index is 257. The number of hydrogen-bond donors (Lipinski definition) is 2. The largest absolute Gasteiger partial charge is 0.481 e. The van der Waals surface area contributed by atoms with Gasteiger partial charge in [-0.15, -0.1) is 0 Å². The molecule has 1 rings (SSSR count). The molecule has 6 nitrogen and oxygen atoms in total. The molecule has 1 saturated heterocycles. The highest BCUT2D eigenvalue weighted by Crippen LogP contribution is 2.15. The van der Waals surface area contributed by atoms with Gasteiger partial charge in [0.05, 0.1) is 5.92 Å². The van der Waals surface area contributed by atoms with Gasteiger partial charge in [0.1, 0.15) is 0 Å². The van der Waals surface area contributed by atoms with E-state index in [-0.39, 0.29) is 13.1 Å². The van der Waals surface area contributed by atoms with E-state index in [4.69, 9.17) is 5.11 Å². The summed E-state index contributed by atoms with van der Waals surface area (Å²) in [5.41, 5.74) is 0. The number of hydrogen-bond acceptors (Lipinski definition) is 3. The van der Waals surface area contributed by atoms with Crippen molar-refractivity contribution in [2.24, 2.45) is 5.92 Å². The lowest BCUT2D eigenvalue weighted by molar-refractivity contribution is -0.157. The number of carbonyl (C=O) groups is 3. The molecule has 1 aliphatic heterocycles. The summed E-state index contributed by atoms with van der Waals surface area (Å²) in [4.78, 5) is 33.4.